The van der Waals surface area contributed by atoms with E-state index in [0.717, 1.165) is 20.8 Å². The van der Waals surface area contributed by atoms with E-state index in [1.54, 1.807) is 24.3 Å². The van der Waals surface area contributed by atoms with Crippen molar-refractivity contribution in [3.8, 4) is 5.75 Å². The molecule has 0 amide bonds. The fourth-order valence-electron chi connectivity index (χ4n) is 3.18. The van der Waals surface area contributed by atoms with E-state index in [4.69, 9.17) is 28.4 Å². The number of hydrogen-bond acceptors (Lipinski definition) is 11. The number of carbonyl (C=O) groups excluding carboxylic acids is 5. The van der Waals surface area contributed by atoms with Crippen LogP contribution in [0.5, 0.6) is 5.75 Å². The Morgan fingerprint density at radius 2 is 1.32 bits per heavy atom. The van der Waals surface area contributed by atoms with Crippen LogP contribution in [0.3, 0.4) is 0 Å². The quantitative estimate of drug-likeness (QED) is 0.245. The second-order valence-electron chi connectivity index (χ2n) is 7.20. The number of methoxy groups -OCH3 is 1. The van der Waals surface area contributed by atoms with Gasteiger partial charge in [0.2, 0.25) is 0 Å². The molecule has 1 aliphatic rings. The maximum absolute atomic E-state index is 13.0. The fourth-order valence-corrected chi connectivity index (χ4v) is 5.34. The average molecular weight is 545 g/mol. The Hall–Kier alpha value is -2.95. The Kier molecular flexibility index (Phi) is 10.0. The monoisotopic (exact) mass is 546 g/mol. The van der Waals surface area contributed by atoms with Gasteiger partial charge in [0.1, 0.15) is 0 Å². The molecule has 0 N–H and O–H groups in total. The summed E-state index contributed by atoms with van der Waals surface area (Å²) in [5.41, 5.74) is 0.369. The van der Waals surface area contributed by atoms with Gasteiger partial charge in [0.05, 0.1) is 0 Å². The van der Waals surface area contributed by atoms with Crippen LogP contribution < -0.4 is 4.74 Å². The summed E-state index contributed by atoms with van der Waals surface area (Å²) in [5.74, 6) is -2.23. The van der Waals surface area contributed by atoms with E-state index >= 15 is 0 Å². The first-order valence-corrected chi connectivity index (χ1v) is 12.0. The Labute approximate surface area is 202 Å². The summed E-state index contributed by atoms with van der Waals surface area (Å²) in [7, 11) is 1.50. The third kappa shape index (κ3) is 7.82. The molecule has 2 rings (SSSR count). The first-order chi connectivity index (χ1) is 16.0. The molecule has 5 atom stereocenters. The summed E-state index contributed by atoms with van der Waals surface area (Å²) >= 11 is -0.983. The van der Waals surface area contributed by atoms with Crippen molar-refractivity contribution in [1.82, 2.24) is 0 Å². The molecule has 0 aliphatic carbocycles. The molecule has 0 aromatic heterocycles. The van der Waals surface area contributed by atoms with Crippen LogP contribution in [0.2, 0.25) is 0 Å². The maximum atomic E-state index is 13.0. The van der Waals surface area contributed by atoms with Crippen molar-refractivity contribution in [3.63, 3.8) is 0 Å². The van der Waals surface area contributed by atoms with Gasteiger partial charge in [-0.05, 0) is 0 Å². The molecule has 1 fully saturated rings. The van der Waals surface area contributed by atoms with Gasteiger partial charge in [-0.1, -0.05) is 0 Å². The molecule has 1 aliphatic heterocycles. The topological polar surface area (TPSA) is 141 Å². The molecule has 12 heteroatoms. The standard InChI is InChI=1S/C22H26O11Se/c1-11(23)29-10-17-18(30-12(2)24)19(31-13(3)25)20(32-14(4)26)22(33-17)34-21(27)15-6-8-16(28-5)9-7-15/h6-9,17-20,22H,10H2,1-5H3. The zero-order valence-electron chi connectivity index (χ0n) is 19.3. The van der Waals surface area contributed by atoms with Crippen LogP contribution in [-0.4, -0.2) is 86.7 Å². The van der Waals surface area contributed by atoms with Crippen molar-refractivity contribution in [2.24, 2.45) is 0 Å². The van der Waals surface area contributed by atoms with Crippen LogP contribution in [0.4, 0.5) is 0 Å². The third-order valence-electron chi connectivity index (χ3n) is 4.50. The predicted octanol–water partition coefficient (Wildman–Crippen LogP) is 0.623. The molecule has 0 radical (unpaired) electrons. The second-order valence-corrected chi connectivity index (χ2v) is 9.45. The summed E-state index contributed by atoms with van der Waals surface area (Å²) in [6.45, 7) is 4.25. The normalized spacial score (nSPS) is 23.9. The predicted molar refractivity (Wildman–Crippen MR) is 115 cm³/mol. The van der Waals surface area contributed by atoms with Gasteiger partial charge in [0, 0.05) is 0 Å². The molecule has 186 valence electrons. The molecule has 1 aromatic carbocycles. The summed E-state index contributed by atoms with van der Waals surface area (Å²) < 4.78 is 31.9. The van der Waals surface area contributed by atoms with Gasteiger partial charge in [-0.25, -0.2) is 0 Å². The molecule has 1 heterocycles. The summed E-state index contributed by atoms with van der Waals surface area (Å²) in [6, 6.07) is 6.40. The van der Waals surface area contributed by atoms with E-state index in [9.17, 15) is 24.0 Å². The van der Waals surface area contributed by atoms with Crippen molar-refractivity contribution in [1.29, 1.82) is 0 Å². The van der Waals surface area contributed by atoms with Crippen LogP contribution in [0.1, 0.15) is 38.1 Å². The Bertz CT molecular complexity index is 914. The fraction of sp³-hybridized carbons (Fsp3) is 0.500. The van der Waals surface area contributed by atoms with Crippen LogP contribution in [-0.2, 0) is 42.9 Å². The van der Waals surface area contributed by atoms with Crippen molar-refractivity contribution in [2.45, 2.75) is 57.1 Å². The van der Waals surface area contributed by atoms with Gasteiger partial charge in [0.15, 0.2) is 0 Å². The van der Waals surface area contributed by atoms with Crippen LogP contribution in [0.15, 0.2) is 24.3 Å². The minimum absolute atomic E-state index is 0.295. The molecule has 34 heavy (non-hydrogen) atoms. The summed E-state index contributed by atoms with van der Waals surface area (Å²) in [4.78, 5) is 59.8. The summed E-state index contributed by atoms with van der Waals surface area (Å²) in [5, 5.41) is -1.04. The number of hydrogen-bond donors (Lipinski definition) is 0. The van der Waals surface area contributed by atoms with Crippen molar-refractivity contribution < 1.29 is 52.4 Å². The Morgan fingerprint density at radius 3 is 1.82 bits per heavy atom. The van der Waals surface area contributed by atoms with Crippen molar-refractivity contribution in [2.75, 3.05) is 13.7 Å². The van der Waals surface area contributed by atoms with Crippen molar-refractivity contribution in [3.05, 3.63) is 29.8 Å². The van der Waals surface area contributed by atoms with E-state index < -0.39 is 68.3 Å². The number of rotatable bonds is 9. The van der Waals surface area contributed by atoms with Crippen molar-refractivity contribution >= 4 is 43.5 Å². The number of benzene rings is 1. The van der Waals surface area contributed by atoms with Gasteiger partial charge in [-0.3, -0.25) is 0 Å². The van der Waals surface area contributed by atoms with E-state index in [-0.39, 0.29) is 11.3 Å². The first-order valence-electron chi connectivity index (χ1n) is 10.2. The molecule has 1 saturated heterocycles. The Morgan fingerprint density at radius 1 is 0.794 bits per heavy atom. The summed E-state index contributed by atoms with van der Waals surface area (Å²) in [6.07, 6.45) is -4.88. The molecule has 11 nitrogen and oxygen atoms in total. The zero-order valence-corrected chi connectivity index (χ0v) is 21.0. The average Bonchev–Trinajstić information content (AvgIpc) is 2.75. The van der Waals surface area contributed by atoms with Gasteiger partial charge in [-0.2, -0.15) is 0 Å². The molecule has 0 spiro atoms. The van der Waals surface area contributed by atoms with Crippen LogP contribution in [0, 0.1) is 0 Å². The Balaban J connectivity index is 2.41. The molecule has 0 saturated carbocycles. The number of esters is 4. The SMILES string of the molecule is COc1ccc(C(=O)[Se]C2OC(COC(C)=O)C(OC(C)=O)C(OC(C)=O)C2OC(C)=O)cc1. The van der Waals surface area contributed by atoms with Crippen LogP contribution >= 0.6 is 0 Å². The molecule has 1 aromatic rings. The van der Waals surface area contributed by atoms with E-state index in [1.807, 2.05) is 0 Å². The van der Waals surface area contributed by atoms with Gasteiger partial charge in [0.25, 0.3) is 0 Å². The molecular weight excluding hydrogens is 519 g/mol. The zero-order chi connectivity index (χ0) is 25.4. The number of ether oxygens (including phenoxy) is 6. The third-order valence-corrected chi connectivity index (χ3v) is 6.72. The molecular formula is C22H26O11Se. The van der Waals surface area contributed by atoms with E-state index in [0.29, 0.717) is 11.3 Å². The minimum atomic E-state index is -1.30. The van der Waals surface area contributed by atoms with Gasteiger partial charge >= 0.3 is 202 Å². The van der Waals surface area contributed by atoms with Crippen LogP contribution in [0.25, 0.3) is 0 Å². The van der Waals surface area contributed by atoms with E-state index in [2.05, 4.69) is 0 Å². The first kappa shape index (κ1) is 27.3. The number of carbonyl (C=O) groups is 5. The van der Waals surface area contributed by atoms with Gasteiger partial charge in [-0.15, -0.1) is 0 Å². The van der Waals surface area contributed by atoms with Gasteiger partial charge < -0.3 is 0 Å². The second kappa shape index (κ2) is 12.5. The molecule has 0 bridgehead atoms. The molecule has 5 unspecified atom stereocenters. The van der Waals surface area contributed by atoms with E-state index in [1.165, 1.54) is 14.0 Å².